The summed E-state index contributed by atoms with van der Waals surface area (Å²) >= 11 is 0. The van der Waals surface area contributed by atoms with Gasteiger partial charge in [0.15, 0.2) is 0 Å². The molecule has 2 heterocycles. The number of hydrogen-bond donors (Lipinski definition) is 1. The highest BCUT2D eigenvalue weighted by atomic mass is 19.4. The molecule has 0 spiro atoms. The Hall–Kier alpha value is -2.22. The molecule has 1 aromatic heterocycles. The monoisotopic (exact) mass is 382 g/mol. The zero-order valence-corrected chi connectivity index (χ0v) is 15.3. The molecule has 1 aromatic carbocycles. The van der Waals surface area contributed by atoms with Crippen LogP contribution in [0, 0.1) is 12.7 Å². The van der Waals surface area contributed by atoms with E-state index in [9.17, 15) is 17.6 Å². The first-order valence-electron chi connectivity index (χ1n) is 8.90. The topological polar surface area (TPSA) is 41.1 Å². The van der Waals surface area contributed by atoms with E-state index in [-0.39, 0.29) is 5.56 Å². The van der Waals surface area contributed by atoms with E-state index >= 15 is 0 Å². The number of nitrogens with zero attached hydrogens (tertiary/aromatic N) is 3. The van der Waals surface area contributed by atoms with Gasteiger partial charge >= 0.3 is 6.18 Å². The fourth-order valence-electron chi connectivity index (χ4n) is 3.42. The van der Waals surface area contributed by atoms with Crippen LogP contribution in [0.15, 0.2) is 24.4 Å². The average Bonchev–Trinajstić information content (AvgIpc) is 3.00. The van der Waals surface area contributed by atoms with Gasteiger partial charge in [-0.15, -0.1) is 0 Å². The summed E-state index contributed by atoms with van der Waals surface area (Å²) < 4.78 is 52.2. The Labute approximate surface area is 155 Å². The molecule has 4 nitrogen and oxygen atoms in total. The van der Waals surface area contributed by atoms with Crippen LogP contribution < -0.4 is 5.32 Å². The van der Waals surface area contributed by atoms with Gasteiger partial charge in [0.05, 0.1) is 11.3 Å². The van der Waals surface area contributed by atoms with Crippen molar-refractivity contribution in [3.05, 3.63) is 41.5 Å². The first-order chi connectivity index (χ1) is 12.8. The lowest BCUT2D eigenvalue weighted by Gasteiger charge is -2.19. The molecule has 8 heteroatoms. The maximum Gasteiger partial charge on any atom is 0.416 e. The number of alkyl halides is 3. The number of hydrogen-bond acceptors (Lipinski definition) is 4. The first kappa shape index (κ1) is 19.5. The van der Waals surface area contributed by atoms with E-state index in [4.69, 9.17) is 0 Å². The van der Waals surface area contributed by atoms with Crippen molar-refractivity contribution in [2.24, 2.45) is 0 Å². The van der Waals surface area contributed by atoms with Crippen LogP contribution in [0.2, 0.25) is 0 Å². The summed E-state index contributed by atoms with van der Waals surface area (Å²) in [5.41, 5.74) is -0.0800. The molecule has 27 heavy (non-hydrogen) atoms. The fraction of sp³-hybridized carbons (Fsp3) is 0.474. The third kappa shape index (κ3) is 4.55. The molecule has 0 bridgehead atoms. The van der Waals surface area contributed by atoms with Crippen molar-refractivity contribution in [1.82, 2.24) is 14.9 Å². The van der Waals surface area contributed by atoms with Gasteiger partial charge < -0.3 is 10.2 Å². The van der Waals surface area contributed by atoms with Gasteiger partial charge in [-0.2, -0.15) is 13.2 Å². The minimum Gasteiger partial charge on any atom is -0.354 e. The van der Waals surface area contributed by atoms with E-state index in [1.165, 1.54) is 19.0 Å². The molecule has 1 aliphatic heterocycles. The number of halogens is 4. The first-order valence-corrected chi connectivity index (χ1v) is 8.90. The molecule has 146 valence electrons. The molecule has 0 saturated carbocycles. The number of benzene rings is 1. The Morgan fingerprint density at radius 1 is 1.26 bits per heavy atom. The van der Waals surface area contributed by atoms with Crippen LogP contribution in [0.25, 0.3) is 11.1 Å². The van der Waals surface area contributed by atoms with Crippen LogP contribution in [-0.4, -0.2) is 41.0 Å². The molecule has 1 aliphatic rings. The number of rotatable bonds is 5. The molecule has 2 aromatic rings. The number of likely N-dealkylation sites (tertiary alicyclic amines) is 1. The molecule has 0 radical (unpaired) electrons. The number of aromatic nitrogens is 2. The zero-order valence-electron chi connectivity index (χ0n) is 15.3. The Morgan fingerprint density at radius 3 is 2.63 bits per heavy atom. The van der Waals surface area contributed by atoms with Crippen LogP contribution in [0.5, 0.6) is 0 Å². The van der Waals surface area contributed by atoms with Gasteiger partial charge in [-0.05, 0) is 51.9 Å². The minimum absolute atomic E-state index is 0.0552. The predicted octanol–water partition coefficient (Wildman–Crippen LogP) is 4.51. The highest BCUT2D eigenvalue weighted by Crippen LogP contribution is 2.33. The molecule has 1 atom stereocenters. The van der Waals surface area contributed by atoms with E-state index < -0.39 is 17.6 Å². The molecular weight excluding hydrogens is 360 g/mol. The van der Waals surface area contributed by atoms with Gasteiger partial charge in [0.1, 0.15) is 5.82 Å². The van der Waals surface area contributed by atoms with Crippen LogP contribution >= 0.6 is 0 Å². The average molecular weight is 382 g/mol. The quantitative estimate of drug-likeness (QED) is 0.773. The van der Waals surface area contributed by atoms with Gasteiger partial charge in [-0.3, -0.25) is 0 Å². The summed E-state index contributed by atoms with van der Waals surface area (Å²) in [6.07, 6.45) is 0.243. The van der Waals surface area contributed by atoms with Gasteiger partial charge in [-0.25, -0.2) is 14.4 Å². The highest BCUT2D eigenvalue weighted by Gasteiger charge is 2.31. The maximum atomic E-state index is 14.2. The SMILES string of the molecule is Cc1nc(NCC[C@@H]2CCCN2C)ncc1-c1ccc(C(F)(F)F)cc1F. The van der Waals surface area contributed by atoms with Crippen LogP contribution in [-0.2, 0) is 6.18 Å². The molecule has 1 fully saturated rings. The van der Waals surface area contributed by atoms with E-state index in [0.717, 1.165) is 31.6 Å². The second-order valence-corrected chi connectivity index (χ2v) is 6.88. The predicted molar refractivity (Wildman–Crippen MR) is 95.9 cm³/mol. The lowest BCUT2D eigenvalue weighted by Crippen LogP contribution is -2.27. The smallest absolute Gasteiger partial charge is 0.354 e. The van der Waals surface area contributed by atoms with Crippen molar-refractivity contribution < 1.29 is 17.6 Å². The van der Waals surface area contributed by atoms with Crippen molar-refractivity contribution in [1.29, 1.82) is 0 Å². The van der Waals surface area contributed by atoms with Crippen molar-refractivity contribution in [3.63, 3.8) is 0 Å². The molecule has 1 saturated heterocycles. The summed E-state index contributed by atoms with van der Waals surface area (Å²) in [5.74, 6) is -0.509. The highest BCUT2D eigenvalue weighted by molar-refractivity contribution is 5.66. The van der Waals surface area contributed by atoms with Crippen molar-refractivity contribution in [2.75, 3.05) is 25.5 Å². The van der Waals surface area contributed by atoms with E-state index in [0.29, 0.717) is 29.3 Å². The van der Waals surface area contributed by atoms with Gasteiger partial charge in [0.2, 0.25) is 5.95 Å². The Bertz CT molecular complexity index is 807. The van der Waals surface area contributed by atoms with Gasteiger partial charge in [0, 0.05) is 29.9 Å². The van der Waals surface area contributed by atoms with Crippen LogP contribution in [0.1, 0.15) is 30.5 Å². The van der Waals surface area contributed by atoms with Crippen molar-refractivity contribution in [2.45, 2.75) is 38.4 Å². The minimum atomic E-state index is -4.58. The summed E-state index contributed by atoms with van der Waals surface area (Å²) in [7, 11) is 2.12. The van der Waals surface area contributed by atoms with Crippen molar-refractivity contribution >= 4 is 5.95 Å². The largest absolute Gasteiger partial charge is 0.416 e. The summed E-state index contributed by atoms with van der Waals surface area (Å²) in [6, 6.07) is 3.03. The summed E-state index contributed by atoms with van der Waals surface area (Å²) in [5, 5.41) is 3.16. The molecule has 3 rings (SSSR count). The van der Waals surface area contributed by atoms with Crippen LogP contribution in [0.4, 0.5) is 23.5 Å². The summed E-state index contributed by atoms with van der Waals surface area (Å²) in [4.78, 5) is 10.8. The maximum absolute atomic E-state index is 14.2. The summed E-state index contributed by atoms with van der Waals surface area (Å²) in [6.45, 7) is 3.53. The van der Waals surface area contributed by atoms with Crippen LogP contribution in [0.3, 0.4) is 0 Å². The number of aryl methyl sites for hydroxylation is 1. The molecular formula is C19H22F4N4. The zero-order chi connectivity index (χ0) is 19.6. The number of anilines is 1. The molecule has 0 unspecified atom stereocenters. The molecule has 0 aliphatic carbocycles. The molecule has 0 amide bonds. The lowest BCUT2D eigenvalue weighted by molar-refractivity contribution is -0.137. The fourth-order valence-corrected chi connectivity index (χ4v) is 3.42. The Kier molecular flexibility index (Phi) is 5.64. The van der Waals surface area contributed by atoms with E-state index in [1.54, 1.807) is 6.92 Å². The third-order valence-electron chi connectivity index (χ3n) is 5.00. The van der Waals surface area contributed by atoms with Gasteiger partial charge in [0.25, 0.3) is 0 Å². The van der Waals surface area contributed by atoms with Crippen molar-refractivity contribution in [3.8, 4) is 11.1 Å². The Morgan fingerprint density at radius 2 is 2.04 bits per heavy atom. The third-order valence-corrected chi connectivity index (χ3v) is 5.00. The van der Waals surface area contributed by atoms with Gasteiger partial charge in [-0.1, -0.05) is 6.07 Å². The van der Waals surface area contributed by atoms with E-state index in [2.05, 4.69) is 27.2 Å². The van der Waals surface area contributed by atoms with E-state index in [1.807, 2.05) is 0 Å². The lowest BCUT2D eigenvalue weighted by atomic mass is 10.0. The second-order valence-electron chi connectivity index (χ2n) is 6.88. The normalized spacial score (nSPS) is 18.1. The number of nitrogens with one attached hydrogen (secondary N) is 1. The molecule has 1 N–H and O–H groups in total. The standard InChI is InChI=1S/C19H22F4N4/c1-12-16(15-6-5-13(10-17(15)20)19(21,22)23)11-25-18(26-12)24-8-7-14-4-3-9-27(14)2/h5-6,10-11,14H,3-4,7-9H2,1-2H3,(H,24,25,26)/t14-/m0/s1. The second kappa shape index (κ2) is 7.80. The Balaban J connectivity index is 1.69.